The third-order valence-corrected chi connectivity index (χ3v) is 7.28. The maximum Gasteiger partial charge on any atom is 0.291 e. The summed E-state index contributed by atoms with van der Waals surface area (Å²) in [5, 5.41) is 1.37. The van der Waals surface area contributed by atoms with E-state index >= 15 is 0 Å². The molecule has 1 amide bonds. The first-order valence-corrected chi connectivity index (χ1v) is 12.7. The monoisotopic (exact) mass is 521 g/mol. The third-order valence-electron chi connectivity index (χ3n) is 6.51. The highest BCUT2D eigenvalue weighted by atomic mass is 35.5. The Kier molecular flexibility index (Phi) is 6.78. The molecule has 2 heterocycles. The van der Waals surface area contributed by atoms with Crippen LogP contribution in [0, 0.1) is 6.92 Å². The molecule has 184 valence electrons. The number of halogens is 2. The molecule has 1 atom stereocenters. The average Bonchev–Trinajstić information content (AvgIpc) is 3.14. The van der Waals surface area contributed by atoms with Gasteiger partial charge in [0, 0.05) is 16.6 Å². The summed E-state index contributed by atoms with van der Waals surface area (Å²) in [4.78, 5) is 29.1. The van der Waals surface area contributed by atoms with Crippen LogP contribution < -0.4 is 10.2 Å². The number of amides is 1. The maximum atomic E-state index is 13.8. The van der Waals surface area contributed by atoms with E-state index in [-0.39, 0.29) is 23.6 Å². The number of nitrogens with zero attached hydrogens (tertiary/aromatic N) is 1. The number of ether oxygens (including phenoxy) is 1. The van der Waals surface area contributed by atoms with Gasteiger partial charge in [-0.3, -0.25) is 9.59 Å². The van der Waals surface area contributed by atoms with Crippen LogP contribution in [0.1, 0.15) is 58.6 Å². The molecule has 0 bridgehead atoms. The number of hydrogen-bond acceptors (Lipinski definition) is 4. The summed E-state index contributed by atoms with van der Waals surface area (Å²) in [5.41, 5.74) is 2.70. The molecule has 7 heteroatoms. The van der Waals surface area contributed by atoms with E-state index in [0.717, 1.165) is 35.3 Å². The predicted molar refractivity (Wildman–Crippen MR) is 142 cm³/mol. The highest BCUT2D eigenvalue weighted by molar-refractivity contribution is 6.32. The van der Waals surface area contributed by atoms with E-state index in [0.29, 0.717) is 33.2 Å². The van der Waals surface area contributed by atoms with E-state index in [4.69, 9.17) is 32.4 Å². The minimum absolute atomic E-state index is 0.0505. The number of rotatable bonds is 7. The van der Waals surface area contributed by atoms with Gasteiger partial charge in [0.25, 0.3) is 5.91 Å². The van der Waals surface area contributed by atoms with Crippen LogP contribution in [0.4, 0.5) is 0 Å². The topological polar surface area (TPSA) is 59.8 Å². The summed E-state index contributed by atoms with van der Waals surface area (Å²) in [6.45, 7) is 4.79. The van der Waals surface area contributed by atoms with Gasteiger partial charge in [-0.15, -0.1) is 0 Å². The number of carbonyl (C=O) groups is 1. The molecule has 1 aliphatic heterocycles. The van der Waals surface area contributed by atoms with Crippen molar-refractivity contribution in [3.63, 3.8) is 0 Å². The largest absolute Gasteiger partial charge is 0.494 e. The number of carbonyl (C=O) groups excluding carboxylic acids is 1. The molecule has 1 unspecified atom stereocenters. The SMILES string of the molecule is CCCCOc1ccc(C2c3c(oc4cc(C)c(Cl)cc4c3=O)C(=O)N2Cc2ccccc2Cl)cc1. The molecule has 0 N–H and O–H groups in total. The Labute approximate surface area is 219 Å². The second kappa shape index (κ2) is 10.00. The number of benzene rings is 3. The van der Waals surface area contributed by atoms with E-state index in [9.17, 15) is 9.59 Å². The molecule has 0 fully saturated rings. The average molecular weight is 522 g/mol. The zero-order chi connectivity index (χ0) is 25.4. The Bertz CT molecular complexity index is 1510. The fraction of sp³-hybridized carbons (Fsp3) is 0.241. The number of fused-ring (bicyclic) bond motifs is 2. The van der Waals surface area contributed by atoms with Crippen LogP contribution in [-0.4, -0.2) is 17.4 Å². The first kappa shape index (κ1) is 24.4. The normalized spacial score (nSPS) is 14.9. The van der Waals surface area contributed by atoms with E-state index in [1.807, 2.05) is 49.4 Å². The zero-order valence-corrected chi connectivity index (χ0v) is 21.5. The fourth-order valence-corrected chi connectivity index (χ4v) is 4.90. The molecule has 1 aliphatic rings. The molecule has 0 aliphatic carbocycles. The fourth-order valence-electron chi connectivity index (χ4n) is 4.54. The van der Waals surface area contributed by atoms with Crippen molar-refractivity contribution >= 4 is 40.1 Å². The van der Waals surface area contributed by atoms with Crippen molar-refractivity contribution in [1.29, 1.82) is 0 Å². The summed E-state index contributed by atoms with van der Waals surface area (Å²) in [6.07, 6.45) is 2.01. The maximum absolute atomic E-state index is 13.8. The van der Waals surface area contributed by atoms with E-state index < -0.39 is 6.04 Å². The highest BCUT2D eigenvalue weighted by Gasteiger charge is 2.43. The number of hydrogen-bond donors (Lipinski definition) is 0. The lowest BCUT2D eigenvalue weighted by Gasteiger charge is -2.25. The first-order valence-electron chi connectivity index (χ1n) is 11.9. The van der Waals surface area contributed by atoms with Gasteiger partial charge >= 0.3 is 0 Å². The number of aryl methyl sites for hydroxylation is 1. The van der Waals surface area contributed by atoms with Gasteiger partial charge in [0.15, 0.2) is 5.43 Å². The standard InChI is InChI=1S/C29H25Cl2NO4/c1-3-4-13-35-20-11-9-18(10-12-20)26-25-27(33)21-15-23(31)17(2)14-24(21)36-28(25)29(34)32(26)16-19-7-5-6-8-22(19)30/h5-12,14-15,26H,3-4,13,16H2,1-2H3. The van der Waals surface area contributed by atoms with Crippen molar-refractivity contribution < 1.29 is 13.9 Å². The Morgan fingerprint density at radius 3 is 2.47 bits per heavy atom. The van der Waals surface area contributed by atoms with Crippen molar-refractivity contribution in [1.82, 2.24) is 4.90 Å². The van der Waals surface area contributed by atoms with Crippen LogP contribution in [0.2, 0.25) is 10.0 Å². The summed E-state index contributed by atoms with van der Waals surface area (Å²) in [7, 11) is 0. The van der Waals surface area contributed by atoms with Crippen LogP contribution in [-0.2, 0) is 6.54 Å². The lowest BCUT2D eigenvalue weighted by molar-refractivity contribution is 0.0714. The Balaban J connectivity index is 1.64. The van der Waals surface area contributed by atoms with Gasteiger partial charge in [0.1, 0.15) is 11.3 Å². The second-order valence-electron chi connectivity index (χ2n) is 8.97. The van der Waals surface area contributed by atoms with E-state index in [2.05, 4.69) is 6.92 Å². The lowest BCUT2D eigenvalue weighted by atomic mass is 9.98. The lowest BCUT2D eigenvalue weighted by Crippen LogP contribution is -2.29. The molecule has 0 saturated heterocycles. The molecule has 36 heavy (non-hydrogen) atoms. The first-order chi connectivity index (χ1) is 17.4. The highest BCUT2D eigenvalue weighted by Crippen LogP contribution is 2.40. The number of unbranched alkanes of at least 4 members (excludes halogenated alkanes) is 1. The predicted octanol–water partition coefficient (Wildman–Crippen LogP) is 7.33. The Hall–Kier alpha value is -3.28. The van der Waals surface area contributed by atoms with Gasteiger partial charge in [-0.1, -0.05) is 66.9 Å². The molecule has 0 saturated carbocycles. The van der Waals surface area contributed by atoms with Crippen LogP contribution in [0.15, 0.2) is 69.9 Å². The van der Waals surface area contributed by atoms with Gasteiger partial charge in [-0.2, -0.15) is 0 Å². The minimum Gasteiger partial charge on any atom is -0.494 e. The minimum atomic E-state index is -0.644. The molecular formula is C29H25Cl2NO4. The van der Waals surface area contributed by atoms with Gasteiger partial charge < -0.3 is 14.1 Å². The third kappa shape index (κ3) is 4.38. The van der Waals surface area contributed by atoms with Crippen LogP contribution in [0.25, 0.3) is 11.0 Å². The molecule has 5 rings (SSSR count). The van der Waals surface area contributed by atoms with Gasteiger partial charge in [0.05, 0.1) is 23.6 Å². The molecule has 5 nitrogen and oxygen atoms in total. The van der Waals surface area contributed by atoms with Gasteiger partial charge in [0.2, 0.25) is 5.76 Å². The summed E-state index contributed by atoms with van der Waals surface area (Å²) >= 11 is 12.8. The van der Waals surface area contributed by atoms with Crippen molar-refractivity contribution in [2.24, 2.45) is 0 Å². The van der Waals surface area contributed by atoms with Crippen LogP contribution >= 0.6 is 23.2 Å². The molecule has 1 aromatic heterocycles. The van der Waals surface area contributed by atoms with Gasteiger partial charge in [-0.25, -0.2) is 0 Å². The summed E-state index contributed by atoms with van der Waals surface area (Å²) < 4.78 is 11.9. The smallest absolute Gasteiger partial charge is 0.291 e. The molecule has 4 aromatic rings. The summed E-state index contributed by atoms with van der Waals surface area (Å²) in [6, 6.07) is 17.5. The van der Waals surface area contributed by atoms with Crippen molar-refractivity contribution in [3.05, 3.63) is 109 Å². The molecule has 0 spiro atoms. The quantitative estimate of drug-likeness (QED) is 0.239. The molecule has 0 radical (unpaired) electrons. The van der Waals surface area contributed by atoms with Crippen molar-refractivity contribution in [3.8, 4) is 5.75 Å². The van der Waals surface area contributed by atoms with Gasteiger partial charge in [-0.05, 0) is 60.4 Å². The van der Waals surface area contributed by atoms with E-state index in [1.54, 1.807) is 23.1 Å². The zero-order valence-electron chi connectivity index (χ0n) is 20.0. The Morgan fingerprint density at radius 1 is 1.00 bits per heavy atom. The van der Waals surface area contributed by atoms with E-state index in [1.165, 1.54) is 0 Å². The van der Waals surface area contributed by atoms with Crippen LogP contribution in [0.5, 0.6) is 5.75 Å². The van der Waals surface area contributed by atoms with Crippen LogP contribution in [0.3, 0.4) is 0 Å². The second-order valence-corrected chi connectivity index (χ2v) is 9.78. The van der Waals surface area contributed by atoms with Crippen molar-refractivity contribution in [2.45, 2.75) is 39.3 Å². The Morgan fingerprint density at radius 2 is 1.75 bits per heavy atom. The summed E-state index contributed by atoms with van der Waals surface area (Å²) in [5.74, 6) is 0.432. The molecular weight excluding hydrogens is 497 g/mol. The molecule has 3 aromatic carbocycles. The van der Waals surface area contributed by atoms with Crippen molar-refractivity contribution in [2.75, 3.05) is 6.61 Å².